The monoisotopic (exact) mass is 162 g/mol. The van der Waals surface area contributed by atoms with Crippen LogP contribution < -0.4 is 0 Å². The van der Waals surface area contributed by atoms with Crippen molar-refractivity contribution in [3.05, 3.63) is 0 Å². The Morgan fingerprint density at radius 2 is 1.78 bits per heavy atom. The third kappa shape index (κ3) is 2.59. The van der Waals surface area contributed by atoms with Gasteiger partial charge in [0.05, 0.1) is 7.11 Å². The molecule has 0 aromatic carbocycles. The molecule has 9 heavy (non-hydrogen) atoms. The lowest BCUT2D eigenvalue weighted by atomic mass is 11.7. The first kappa shape index (κ1) is 9.31. The van der Waals surface area contributed by atoms with Crippen LogP contribution in [0.25, 0.3) is 0 Å². The Balaban J connectivity index is 3.80. The Hall–Kier alpha value is 0.314. The van der Waals surface area contributed by atoms with Crippen LogP contribution in [0.3, 0.4) is 0 Å². The van der Waals surface area contributed by atoms with Gasteiger partial charge in [0, 0.05) is 7.11 Å². The van der Waals surface area contributed by atoms with Crippen molar-refractivity contribution >= 4 is 18.9 Å². The Morgan fingerprint density at radius 3 is 1.89 bits per heavy atom. The summed E-state index contributed by atoms with van der Waals surface area (Å²) in [5.74, 6) is 0. The third-order valence-corrected chi connectivity index (χ3v) is 5.13. The van der Waals surface area contributed by atoms with Gasteiger partial charge < -0.3 is 9.26 Å². The van der Waals surface area contributed by atoms with E-state index in [0.717, 1.165) is 0 Å². The first-order valence-corrected chi connectivity index (χ1v) is 5.95. The highest BCUT2D eigenvalue weighted by Gasteiger charge is 2.26. The fraction of sp³-hybridized carbons (Fsp3) is 1.00. The Morgan fingerprint density at radius 1 is 1.33 bits per heavy atom. The van der Waals surface area contributed by atoms with Gasteiger partial charge in [0.1, 0.15) is 0 Å². The molecule has 0 rings (SSSR count). The molecule has 0 fully saturated rings. The van der Waals surface area contributed by atoms with Gasteiger partial charge in [0.15, 0.2) is 10.4 Å². The van der Waals surface area contributed by atoms with Crippen molar-refractivity contribution in [3.8, 4) is 0 Å². The fourth-order valence-corrected chi connectivity index (χ4v) is 1.18. The predicted molar refractivity (Wildman–Crippen MR) is 39.1 cm³/mol. The molecular weight excluding hydrogens is 150 g/mol. The summed E-state index contributed by atoms with van der Waals surface area (Å²) in [5.41, 5.74) is 0. The maximum atomic E-state index is 5.18. The molecule has 3 nitrogen and oxygen atoms in total. The van der Waals surface area contributed by atoms with Crippen molar-refractivity contribution in [1.82, 2.24) is 4.39 Å². The van der Waals surface area contributed by atoms with Crippen LogP contribution in [0.5, 0.6) is 0 Å². The molecule has 0 saturated heterocycles. The standard InChI is InChI=1S/C4H12NO2Si2/c1-6-5(8)9(3,4)7-2/h1-4H3. The van der Waals surface area contributed by atoms with Crippen LogP contribution in [0.1, 0.15) is 0 Å². The number of rotatable bonds is 3. The first-order valence-electron chi connectivity index (χ1n) is 2.65. The Kier molecular flexibility index (Phi) is 3.60. The normalized spacial score (nSPS) is 12.7. The molecule has 0 aromatic rings. The van der Waals surface area contributed by atoms with Gasteiger partial charge in [-0.15, -0.1) is 0 Å². The van der Waals surface area contributed by atoms with Crippen molar-refractivity contribution in [2.24, 2.45) is 0 Å². The molecule has 0 spiro atoms. The van der Waals surface area contributed by atoms with Crippen LogP contribution in [0.15, 0.2) is 0 Å². The molecule has 5 heteroatoms. The molecular formula is C4H12NO2Si2. The summed E-state index contributed by atoms with van der Waals surface area (Å²) in [6, 6.07) is 0. The van der Waals surface area contributed by atoms with E-state index in [1.54, 1.807) is 18.6 Å². The average Bonchev–Trinajstić information content (AvgIpc) is 1.86. The van der Waals surface area contributed by atoms with Gasteiger partial charge in [-0.1, -0.05) is 0 Å². The zero-order chi connectivity index (χ0) is 7.49. The quantitative estimate of drug-likeness (QED) is 0.439. The molecule has 3 radical (unpaired) electrons. The summed E-state index contributed by atoms with van der Waals surface area (Å²) in [5, 5.41) is 0. The minimum atomic E-state index is -1.76. The number of hydrogen-bond acceptors (Lipinski definition) is 3. The molecule has 0 heterocycles. The van der Waals surface area contributed by atoms with Crippen LogP contribution in [0.2, 0.25) is 13.1 Å². The molecule has 0 atom stereocenters. The maximum absolute atomic E-state index is 5.18. The summed E-state index contributed by atoms with van der Waals surface area (Å²) >= 11 is 0. The smallest absolute Gasteiger partial charge is 0.280 e. The minimum Gasteiger partial charge on any atom is -0.406 e. The summed E-state index contributed by atoms with van der Waals surface area (Å²) < 4.78 is 6.77. The molecule has 53 valence electrons. The van der Waals surface area contributed by atoms with Gasteiger partial charge in [0.2, 0.25) is 0 Å². The van der Waals surface area contributed by atoms with E-state index in [2.05, 4.69) is 10.4 Å². The third-order valence-electron chi connectivity index (χ3n) is 1.17. The summed E-state index contributed by atoms with van der Waals surface area (Å²) in [4.78, 5) is 4.89. The van der Waals surface area contributed by atoms with Crippen LogP contribution in [-0.2, 0) is 9.26 Å². The van der Waals surface area contributed by atoms with Gasteiger partial charge in [-0.05, 0) is 13.1 Å². The highest BCUT2D eigenvalue weighted by atomic mass is 28.4. The van der Waals surface area contributed by atoms with E-state index < -0.39 is 8.48 Å². The Bertz CT molecular complexity index is 88.6. The van der Waals surface area contributed by atoms with E-state index in [4.69, 9.17) is 9.26 Å². The SMILES string of the molecule is CON([Si])[Si](C)(C)OC. The lowest BCUT2D eigenvalue weighted by Gasteiger charge is -2.28. The zero-order valence-electron chi connectivity index (χ0n) is 6.26. The molecule has 0 unspecified atom stereocenters. The second-order valence-electron chi connectivity index (χ2n) is 2.13. The van der Waals surface area contributed by atoms with Crippen LogP contribution in [0.4, 0.5) is 0 Å². The first-order chi connectivity index (χ1) is 4.04. The highest BCUT2D eigenvalue weighted by molar-refractivity contribution is 6.71. The molecule has 0 aliphatic rings. The van der Waals surface area contributed by atoms with Crippen molar-refractivity contribution in [2.45, 2.75) is 13.1 Å². The molecule has 0 bridgehead atoms. The van der Waals surface area contributed by atoms with Gasteiger partial charge in [-0.2, -0.15) is 0 Å². The fourth-order valence-electron chi connectivity index (χ4n) is 0.303. The number of hydrogen-bond donors (Lipinski definition) is 0. The second kappa shape index (κ2) is 3.47. The van der Waals surface area contributed by atoms with E-state index in [1.807, 2.05) is 13.1 Å². The predicted octanol–water partition coefficient (Wildman–Crippen LogP) is 0.282. The molecule has 0 amide bonds. The average molecular weight is 162 g/mol. The molecule has 0 aromatic heterocycles. The van der Waals surface area contributed by atoms with Crippen molar-refractivity contribution in [1.29, 1.82) is 0 Å². The van der Waals surface area contributed by atoms with E-state index in [1.165, 1.54) is 0 Å². The summed E-state index contributed by atoms with van der Waals surface area (Å²) in [7, 11) is 4.78. The molecule has 0 aliphatic heterocycles. The van der Waals surface area contributed by atoms with Gasteiger partial charge in [0.25, 0.3) is 8.48 Å². The molecule has 0 aliphatic carbocycles. The number of nitrogens with zero attached hydrogens (tertiary/aromatic N) is 1. The minimum absolute atomic E-state index is 1.59. The lowest BCUT2D eigenvalue weighted by molar-refractivity contribution is 0.00171. The van der Waals surface area contributed by atoms with Gasteiger partial charge in [-0.25, -0.2) is 4.39 Å². The largest absolute Gasteiger partial charge is 0.406 e. The van der Waals surface area contributed by atoms with Gasteiger partial charge in [-0.3, -0.25) is 0 Å². The summed E-state index contributed by atoms with van der Waals surface area (Å²) in [6.45, 7) is 4.03. The van der Waals surface area contributed by atoms with Gasteiger partial charge >= 0.3 is 0 Å². The van der Waals surface area contributed by atoms with E-state index >= 15 is 0 Å². The second-order valence-corrected chi connectivity index (χ2v) is 6.69. The lowest BCUT2D eigenvalue weighted by Crippen LogP contribution is -2.48. The van der Waals surface area contributed by atoms with E-state index in [0.29, 0.717) is 0 Å². The van der Waals surface area contributed by atoms with Crippen LogP contribution in [-0.4, -0.2) is 37.5 Å². The van der Waals surface area contributed by atoms with E-state index in [-0.39, 0.29) is 0 Å². The topological polar surface area (TPSA) is 21.7 Å². The van der Waals surface area contributed by atoms with Crippen LogP contribution in [0, 0.1) is 0 Å². The van der Waals surface area contributed by atoms with Crippen LogP contribution >= 0.6 is 0 Å². The maximum Gasteiger partial charge on any atom is 0.280 e. The summed E-state index contributed by atoms with van der Waals surface area (Å²) in [6.07, 6.45) is 0. The van der Waals surface area contributed by atoms with E-state index in [9.17, 15) is 0 Å². The van der Waals surface area contributed by atoms with Crippen molar-refractivity contribution in [2.75, 3.05) is 14.2 Å². The van der Waals surface area contributed by atoms with Crippen molar-refractivity contribution in [3.63, 3.8) is 0 Å². The molecule has 0 N–H and O–H groups in total. The zero-order valence-corrected chi connectivity index (χ0v) is 8.26. The highest BCUT2D eigenvalue weighted by Crippen LogP contribution is 2.05. The molecule has 0 saturated carbocycles. The van der Waals surface area contributed by atoms with Crippen molar-refractivity contribution < 1.29 is 9.26 Å². The Labute approximate surface area is 60.6 Å².